The maximum atomic E-state index is 12.4. The van der Waals surface area contributed by atoms with Crippen molar-refractivity contribution in [2.24, 2.45) is 0 Å². The Labute approximate surface area is 157 Å². The van der Waals surface area contributed by atoms with E-state index in [1.54, 1.807) is 6.07 Å². The van der Waals surface area contributed by atoms with Gasteiger partial charge in [0.2, 0.25) is 11.8 Å². The number of hydrogen-bond donors (Lipinski definition) is 3. The third-order valence-corrected chi connectivity index (χ3v) is 4.38. The molecule has 3 N–H and O–H groups in total. The number of nitrogens with zero attached hydrogens (tertiary/aromatic N) is 2. The van der Waals surface area contributed by atoms with Gasteiger partial charge in [-0.2, -0.15) is 0 Å². The Morgan fingerprint density at radius 3 is 2.69 bits per heavy atom. The Kier molecular flexibility index (Phi) is 6.64. The largest absolute Gasteiger partial charge is 0.396 e. The number of likely N-dealkylation sites (N-methyl/N-ethyl adjacent to an activating group) is 1. The molecule has 1 aromatic rings. The predicted molar refractivity (Wildman–Crippen MR) is 99.9 cm³/mol. The number of rotatable bonds is 7. The fourth-order valence-corrected chi connectivity index (χ4v) is 2.83. The van der Waals surface area contributed by atoms with Crippen molar-refractivity contribution >= 4 is 40.7 Å². The van der Waals surface area contributed by atoms with Crippen molar-refractivity contribution in [2.45, 2.75) is 32.2 Å². The van der Waals surface area contributed by atoms with E-state index in [0.717, 1.165) is 5.56 Å². The van der Waals surface area contributed by atoms with Crippen LogP contribution in [0.25, 0.3) is 0 Å². The maximum Gasteiger partial charge on any atom is 0.253 e. The molecule has 3 amide bonds. The summed E-state index contributed by atoms with van der Waals surface area (Å²) in [6, 6.07) is 6.40. The summed E-state index contributed by atoms with van der Waals surface area (Å²) < 4.78 is 0. The van der Waals surface area contributed by atoms with Crippen molar-refractivity contribution in [2.75, 3.05) is 19.0 Å². The van der Waals surface area contributed by atoms with E-state index in [9.17, 15) is 14.4 Å². The Bertz CT molecular complexity index is 724. The van der Waals surface area contributed by atoms with E-state index in [1.807, 2.05) is 25.1 Å². The first-order chi connectivity index (χ1) is 12.3. The van der Waals surface area contributed by atoms with Crippen molar-refractivity contribution in [1.82, 2.24) is 15.3 Å². The zero-order valence-corrected chi connectivity index (χ0v) is 15.5. The molecule has 1 unspecified atom stereocenters. The minimum Gasteiger partial charge on any atom is -0.396 e. The average molecular weight is 378 g/mol. The second-order valence-corrected chi connectivity index (χ2v) is 6.41. The van der Waals surface area contributed by atoms with E-state index in [2.05, 4.69) is 10.7 Å². The molecule has 0 saturated carbocycles. The molecule has 26 heavy (non-hydrogen) atoms. The van der Waals surface area contributed by atoms with Crippen LogP contribution in [0.3, 0.4) is 0 Å². The first-order valence-electron chi connectivity index (χ1n) is 8.21. The Balaban J connectivity index is 2.05. The standard InChI is InChI=1S/C17H22N4O4S/c1-11-5-3-6-12(9-11)18-15(24)10-13-16(25)20(2)17(26)21(13)19-14(23)7-4-8-22/h3,5-6,9,13,22H,4,7-8,10H2,1-2H3,(H,18,24)(H,19,23). The molecular formula is C17H22N4O4S. The molecule has 1 heterocycles. The molecule has 1 saturated heterocycles. The normalized spacial score (nSPS) is 16.8. The summed E-state index contributed by atoms with van der Waals surface area (Å²) in [4.78, 5) is 37.9. The third-order valence-electron chi connectivity index (χ3n) is 3.91. The molecule has 1 aliphatic heterocycles. The fourth-order valence-electron chi connectivity index (χ4n) is 2.57. The number of aryl methyl sites for hydroxylation is 1. The van der Waals surface area contributed by atoms with E-state index < -0.39 is 6.04 Å². The van der Waals surface area contributed by atoms with Gasteiger partial charge in [0.05, 0.1) is 6.42 Å². The fraction of sp³-hybridized carbons (Fsp3) is 0.412. The number of thiocarbonyl (C=S) groups is 1. The van der Waals surface area contributed by atoms with Crippen LogP contribution in [0.2, 0.25) is 0 Å². The SMILES string of the molecule is Cc1cccc(NC(=O)CC2C(=O)N(C)C(=S)N2NC(=O)CCCO)c1. The maximum absolute atomic E-state index is 12.4. The van der Waals surface area contributed by atoms with E-state index in [0.29, 0.717) is 12.1 Å². The molecule has 0 radical (unpaired) electrons. The highest BCUT2D eigenvalue weighted by molar-refractivity contribution is 7.80. The van der Waals surface area contributed by atoms with Gasteiger partial charge in [-0.15, -0.1) is 0 Å². The molecule has 140 valence electrons. The molecule has 1 atom stereocenters. The predicted octanol–water partition coefficient (Wildman–Crippen LogP) is 0.555. The van der Waals surface area contributed by atoms with Gasteiger partial charge in [0, 0.05) is 25.8 Å². The number of nitrogens with one attached hydrogen (secondary N) is 2. The lowest BCUT2D eigenvalue weighted by molar-refractivity contribution is -0.132. The van der Waals surface area contributed by atoms with Crippen molar-refractivity contribution < 1.29 is 19.5 Å². The second kappa shape index (κ2) is 8.72. The lowest BCUT2D eigenvalue weighted by atomic mass is 10.1. The molecule has 1 aliphatic rings. The highest BCUT2D eigenvalue weighted by Gasteiger charge is 2.42. The van der Waals surface area contributed by atoms with Gasteiger partial charge < -0.3 is 10.4 Å². The molecular weight excluding hydrogens is 356 g/mol. The molecule has 1 fully saturated rings. The van der Waals surface area contributed by atoms with Gasteiger partial charge >= 0.3 is 0 Å². The summed E-state index contributed by atoms with van der Waals surface area (Å²) in [6.45, 7) is 1.80. The monoisotopic (exact) mass is 378 g/mol. The Morgan fingerprint density at radius 2 is 2.04 bits per heavy atom. The summed E-state index contributed by atoms with van der Waals surface area (Å²) in [5.41, 5.74) is 4.19. The van der Waals surface area contributed by atoms with E-state index in [4.69, 9.17) is 17.3 Å². The van der Waals surface area contributed by atoms with E-state index in [-0.39, 0.29) is 42.3 Å². The smallest absolute Gasteiger partial charge is 0.253 e. The molecule has 0 aliphatic carbocycles. The van der Waals surface area contributed by atoms with Gasteiger partial charge in [0.1, 0.15) is 6.04 Å². The molecule has 2 rings (SSSR count). The number of anilines is 1. The van der Waals surface area contributed by atoms with Crippen LogP contribution in [0.5, 0.6) is 0 Å². The van der Waals surface area contributed by atoms with Crippen LogP contribution in [0.1, 0.15) is 24.8 Å². The summed E-state index contributed by atoms with van der Waals surface area (Å²) >= 11 is 5.18. The number of aliphatic hydroxyl groups excluding tert-OH is 1. The lowest BCUT2D eigenvalue weighted by Gasteiger charge is -2.24. The topological polar surface area (TPSA) is 102 Å². The van der Waals surface area contributed by atoms with Gasteiger partial charge in [0.15, 0.2) is 5.11 Å². The minimum absolute atomic E-state index is 0.0930. The highest BCUT2D eigenvalue weighted by Crippen LogP contribution is 2.19. The van der Waals surface area contributed by atoms with E-state index >= 15 is 0 Å². The van der Waals surface area contributed by atoms with Crippen molar-refractivity contribution in [3.05, 3.63) is 29.8 Å². The van der Waals surface area contributed by atoms with Gasteiger partial charge in [-0.25, -0.2) is 5.01 Å². The molecule has 0 spiro atoms. The number of carbonyl (C=O) groups is 3. The zero-order chi connectivity index (χ0) is 19.3. The number of hydrazine groups is 1. The summed E-state index contributed by atoms with van der Waals surface area (Å²) in [7, 11) is 1.50. The quantitative estimate of drug-likeness (QED) is 0.599. The lowest BCUT2D eigenvalue weighted by Crippen LogP contribution is -2.49. The third kappa shape index (κ3) is 4.77. The molecule has 0 aromatic heterocycles. The Hall–Kier alpha value is -2.52. The van der Waals surface area contributed by atoms with Gasteiger partial charge in [-0.3, -0.25) is 24.7 Å². The minimum atomic E-state index is -0.907. The number of hydrogen-bond acceptors (Lipinski definition) is 5. The van der Waals surface area contributed by atoms with Crippen LogP contribution in [-0.4, -0.2) is 57.5 Å². The zero-order valence-electron chi connectivity index (χ0n) is 14.7. The van der Waals surface area contributed by atoms with Crippen LogP contribution in [0.15, 0.2) is 24.3 Å². The van der Waals surface area contributed by atoms with Gasteiger partial charge in [-0.1, -0.05) is 12.1 Å². The van der Waals surface area contributed by atoms with Crippen LogP contribution in [0, 0.1) is 6.92 Å². The van der Waals surface area contributed by atoms with Crippen molar-refractivity contribution in [3.8, 4) is 0 Å². The van der Waals surface area contributed by atoms with E-state index in [1.165, 1.54) is 17.0 Å². The first kappa shape index (κ1) is 19.8. The molecule has 0 bridgehead atoms. The number of aliphatic hydroxyl groups is 1. The second-order valence-electron chi connectivity index (χ2n) is 6.05. The summed E-state index contributed by atoms with van der Waals surface area (Å²) in [5, 5.41) is 12.9. The van der Waals surface area contributed by atoms with Crippen molar-refractivity contribution in [1.29, 1.82) is 0 Å². The summed E-state index contributed by atoms with van der Waals surface area (Å²) in [6.07, 6.45) is 0.238. The Morgan fingerprint density at radius 1 is 1.31 bits per heavy atom. The van der Waals surface area contributed by atoms with Crippen LogP contribution in [0.4, 0.5) is 5.69 Å². The average Bonchev–Trinajstić information content (AvgIpc) is 2.78. The van der Waals surface area contributed by atoms with Crippen LogP contribution >= 0.6 is 12.2 Å². The number of amides is 3. The molecule has 9 heteroatoms. The van der Waals surface area contributed by atoms with Gasteiger partial charge in [-0.05, 0) is 43.3 Å². The van der Waals surface area contributed by atoms with Crippen molar-refractivity contribution in [3.63, 3.8) is 0 Å². The van der Waals surface area contributed by atoms with Gasteiger partial charge in [0.25, 0.3) is 5.91 Å². The first-order valence-corrected chi connectivity index (χ1v) is 8.62. The van der Waals surface area contributed by atoms with Crippen LogP contribution in [-0.2, 0) is 14.4 Å². The number of benzene rings is 1. The molecule has 1 aromatic carbocycles. The number of carbonyl (C=O) groups excluding carboxylic acids is 3. The van der Waals surface area contributed by atoms with Crippen LogP contribution < -0.4 is 10.7 Å². The summed E-state index contributed by atoms with van der Waals surface area (Å²) in [5.74, 6) is -1.10. The highest BCUT2D eigenvalue weighted by atomic mass is 32.1. The molecule has 8 nitrogen and oxygen atoms in total.